The fourth-order valence-electron chi connectivity index (χ4n) is 1.08. The van der Waals surface area contributed by atoms with Gasteiger partial charge in [-0.15, -0.1) is 0 Å². The molecule has 0 aromatic carbocycles. The first kappa shape index (κ1) is 9.80. The summed E-state index contributed by atoms with van der Waals surface area (Å²) in [7, 11) is 1.74. The molecule has 1 aromatic heterocycles. The number of amides is 1. The Morgan fingerprint density at radius 2 is 2.46 bits per heavy atom. The number of hydrogen-bond donors (Lipinski definition) is 2. The molecule has 0 aliphatic rings. The van der Waals surface area contributed by atoms with Gasteiger partial charge in [0, 0.05) is 31.9 Å². The van der Waals surface area contributed by atoms with E-state index in [4.69, 9.17) is 5.73 Å². The van der Waals surface area contributed by atoms with Crippen LogP contribution in [0.5, 0.6) is 0 Å². The summed E-state index contributed by atoms with van der Waals surface area (Å²) < 4.78 is 0. The zero-order chi connectivity index (χ0) is 9.84. The Morgan fingerprint density at radius 3 is 2.92 bits per heavy atom. The van der Waals surface area contributed by atoms with Crippen molar-refractivity contribution in [3.05, 3.63) is 18.5 Å². The highest BCUT2D eigenvalue weighted by Gasteiger charge is 2.12. The Bertz CT molecular complexity index is 266. The lowest BCUT2D eigenvalue weighted by molar-refractivity contribution is -0.118. The van der Waals surface area contributed by atoms with E-state index in [1.165, 1.54) is 0 Å². The average molecular weight is 181 g/mol. The molecule has 1 amide bonds. The molecule has 4 heteroatoms. The van der Waals surface area contributed by atoms with E-state index in [2.05, 4.69) is 4.98 Å². The maximum Gasteiger partial charge on any atom is 0.228 e. The summed E-state index contributed by atoms with van der Waals surface area (Å²) in [5.41, 5.74) is 6.40. The van der Waals surface area contributed by atoms with Crippen LogP contribution in [0, 0.1) is 0 Å². The van der Waals surface area contributed by atoms with Gasteiger partial charge >= 0.3 is 0 Å². The summed E-state index contributed by atoms with van der Waals surface area (Å²) in [6.45, 7) is 1.82. The number of carbonyl (C=O) groups excluding carboxylic acids is 1. The summed E-state index contributed by atoms with van der Waals surface area (Å²) in [5, 5.41) is 0. The topological polar surface area (TPSA) is 62.1 Å². The number of H-pyrrole nitrogens is 1. The molecule has 13 heavy (non-hydrogen) atoms. The highest BCUT2D eigenvalue weighted by atomic mass is 16.2. The van der Waals surface area contributed by atoms with Crippen LogP contribution in [0.25, 0.3) is 0 Å². The van der Waals surface area contributed by atoms with Crippen LogP contribution >= 0.6 is 0 Å². The fraction of sp³-hybridized carbons (Fsp3) is 0.444. The standard InChI is InChI=1S/C9H15N3O/c1-7(10)5-9(13)12(2)8-3-4-11-6-8/h3-4,6-7,11H,5,10H2,1-2H3. The van der Waals surface area contributed by atoms with Gasteiger partial charge in [-0.3, -0.25) is 4.79 Å². The molecule has 1 unspecified atom stereocenters. The quantitative estimate of drug-likeness (QED) is 0.721. The van der Waals surface area contributed by atoms with Crippen LogP contribution in [0.15, 0.2) is 18.5 Å². The minimum Gasteiger partial charge on any atom is -0.366 e. The van der Waals surface area contributed by atoms with Gasteiger partial charge in [0.05, 0.1) is 5.69 Å². The Labute approximate surface area is 77.7 Å². The molecule has 1 heterocycles. The van der Waals surface area contributed by atoms with Crippen molar-refractivity contribution in [2.24, 2.45) is 5.73 Å². The van der Waals surface area contributed by atoms with Crippen molar-refractivity contribution in [3.63, 3.8) is 0 Å². The zero-order valence-corrected chi connectivity index (χ0v) is 7.95. The van der Waals surface area contributed by atoms with Crippen LogP contribution in [0.4, 0.5) is 5.69 Å². The van der Waals surface area contributed by atoms with Crippen molar-refractivity contribution in [1.82, 2.24) is 4.98 Å². The molecule has 1 rings (SSSR count). The molecular formula is C9H15N3O. The van der Waals surface area contributed by atoms with Gasteiger partial charge in [-0.25, -0.2) is 0 Å². The maximum absolute atomic E-state index is 11.5. The summed E-state index contributed by atoms with van der Waals surface area (Å²) in [6.07, 6.45) is 3.94. The molecule has 1 aromatic rings. The first-order valence-electron chi connectivity index (χ1n) is 4.26. The molecule has 4 nitrogen and oxygen atoms in total. The molecule has 0 aliphatic heterocycles. The van der Waals surface area contributed by atoms with E-state index >= 15 is 0 Å². The lowest BCUT2D eigenvalue weighted by Gasteiger charge is -2.16. The van der Waals surface area contributed by atoms with Crippen LogP contribution in [0.2, 0.25) is 0 Å². The molecule has 0 radical (unpaired) electrons. The molecule has 72 valence electrons. The number of aromatic amines is 1. The Hall–Kier alpha value is -1.29. The van der Waals surface area contributed by atoms with Gasteiger partial charge < -0.3 is 15.6 Å². The first-order valence-corrected chi connectivity index (χ1v) is 4.26. The molecule has 0 aliphatic carbocycles. The predicted octanol–water partition coefficient (Wildman–Crippen LogP) is 0.715. The van der Waals surface area contributed by atoms with E-state index in [0.29, 0.717) is 6.42 Å². The van der Waals surface area contributed by atoms with Crippen LogP contribution < -0.4 is 10.6 Å². The van der Waals surface area contributed by atoms with Crippen LogP contribution in [0.3, 0.4) is 0 Å². The maximum atomic E-state index is 11.5. The van der Waals surface area contributed by atoms with Crippen molar-refractivity contribution in [3.8, 4) is 0 Å². The van der Waals surface area contributed by atoms with E-state index in [-0.39, 0.29) is 11.9 Å². The van der Waals surface area contributed by atoms with Gasteiger partial charge in [0.2, 0.25) is 5.91 Å². The number of aromatic nitrogens is 1. The largest absolute Gasteiger partial charge is 0.366 e. The van der Waals surface area contributed by atoms with Crippen molar-refractivity contribution in [1.29, 1.82) is 0 Å². The van der Waals surface area contributed by atoms with Crippen LogP contribution in [-0.4, -0.2) is 24.0 Å². The number of carbonyl (C=O) groups is 1. The second-order valence-corrected chi connectivity index (χ2v) is 3.20. The molecular weight excluding hydrogens is 166 g/mol. The normalized spacial score (nSPS) is 12.5. The second-order valence-electron chi connectivity index (χ2n) is 3.20. The number of rotatable bonds is 3. The number of anilines is 1. The van der Waals surface area contributed by atoms with Gasteiger partial charge in [-0.1, -0.05) is 0 Å². The van der Waals surface area contributed by atoms with Gasteiger partial charge in [-0.05, 0) is 13.0 Å². The predicted molar refractivity (Wildman–Crippen MR) is 52.5 cm³/mol. The minimum atomic E-state index is -0.0890. The van der Waals surface area contributed by atoms with Crippen LogP contribution in [-0.2, 0) is 4.79 Å². The van der Waals surface area contributed by atoms with E-state index in [0.717, 1.165) is 5.69 Å². The highest BCUT2D eigenvalue weighted by molar-refractivity contribution is 5.92. The molecule has 0 fully saturated rings. The summed E-state index contributed by atoms with van der Waals surface area (Å²) in [5.74, 6) is 0.0367. The van der Waals surface area contributed by atoms with Crippen molar-refractivity contribution < 1.29 is 4.79 Å². The van der Waals surface area contributed by atoms with Gasteiger partial charge in [0.1, 0.15) is 0 Å². The average Bonchev–Trinajstić information content (AvgIpc) is 2.53. The molecule has 0 saturated heterocycles. The molecule has 0 bridgehead atoms. The van der Waals surface area contributed by atoms with E-state index in [1.54, 1.807) is 24.3 Å². The van der Waals surface area contributed by atoms with Crippen molar-refractivity contribution >= 4 is 11.6 Å². The summed E-state index contributed by atoms with van der Waals surface area (Å²) >= 11 is 0. The van der Waals surface area contributed by atoms with Gasteiger partial charge in [0.15, 0.2) is 0 Å². The zero-order valence-electron chi connectivity index (χ0n) is 7.95. The highest BCUT2D eigenvalue weighted by Crippen LogP contribution is 2.11. The third kappa shape index (κ3) is 2.59. The molecule has 0 saturated carbocycles. The third-order valence-corrected chi connectivity index (χ3v) is 1.84. The molecule has 0 spiro atoms. The van der Waals surface area contributed by atoms with E-state index < -0.39 is 0 Å². The Kier molecular flexibility index (Phi) is 3.08. The SMILES string of the molecule is CC(N)CC(=O)N(C)c1cc[nH]c1. The van der Waals surface area contributed by atoms with E-state index in [9.17, 15) is 4.79 Å². The minimum absolute atomic E-state index is 0.0367. The third-order valence-electron chi connectivity index (χ3n) is 1.84. The summed E-state index contributed by atoms with van der Waals surface area (Å²) in [4.78, 5) is 16.0. The molecule has 1 atom stereocenters. The lowest BCUT2D eigenvalue weighted by atomic mass is 10.2. The molecule has 3 N–H and O–H groups in total. The van der Waals surface area contributed by atoms with Crippen molar-refractivity contribution in [2.75, 3.05) is 11.9 Å². The lowest BCUT2D eigenvalue weighted by Crippen LogP contribution is -2.31. The van der Waals surface area contributed by atoms with Gasteiger partial charge in [-0.2, -0.15) is 0 Å². The first-order chi connectivity index (χ1) is 6.11. The number of nitrogens with two attached hydrogens (primary N) is 1. The summed E-state index contributed by atoms with van der Waals surface area (Å²) in [6, 6.07) is 1.76. The number of hydrogen-bond acceptors (Lipinski definition) is 2. The number of nitrogens with one attached hydrogen (secondary N) is 1. The smallest absolute Gasteiger partial charge is 0.228 e. The fourth-order valence-corrected chi connectivity index (χ4v) is 1.08. The van der Waals surface area contributed by atoms with E-state index in [1.807, 2.05) is 13.0 Å². The Balaban J connectivity index is 2.58. The number of nitrogens with zero attached hydrogens (tertiary/aromatic N) is 1. The van der Waals surface area contributed by atoms with Crippen molar-refractivity contribution in [2.45, 2.75) is 19.4 Å². The van der Waals surface area contributed by atoms with Crippen LogP contribution in [0.1, 0.15) is 13.3 Å². The monoisotopic (exact) mass is 181 g/mol. The Morgan fingerprint density at radius 1 is 1.77 bits per heavy atom. The van der Waals surface area contributed by atoms with Gasteiger partial charge in [0.25, 0.3) is 0 Å². The second kappa shape index (κ2) is 4.09.